The third kappa shape index (κ3) is 5.19. The molecule has 0 aliphatic heterocycles. The minimum atomic E-state index is 0. The molecule has 0 amide bonds. The van der Waals surface area contributed by atoms with E-state index in [0.29, 0.717) is 0 Å². The highest BCUT2D eigenvalue weighted by Gasteiger charge is 2.04. The van der Waals surface area contributed by atoms with Gasteiger partial charge in [0.15, 0.2) is 0 Å². The molecule has 4 N–H and O–H groups in total. The summed E-state index contributed by atoms with van der Waals surface area (Å²) >= 11 is 0. The zero-order valence-corrected chi connectivity index (χ0v) is 10.8. The second-order valence-corrected chi connectivity index (χ2v) is 3.28. The van der Waals surface area contributed by atoms with Crippen molar-refractivity contribution < 1.29 is 5.48 Å². The zero-order chi connectivity index (χ0) is 9.80. The summed E-state index contributed by atoms with van der Waals surface area (Å²) in [5.74, 6) is 0. The van der Waals surface area contributed by atoms with Gasteiger partial charge < -0.3 is 15.8 Å². The molecular weight excluding hydrogens is 261 g/mol. The maximum absolute atomic E-state index is 6.04. The third-order valence-corrected chi connectivity index (χ3v) is 2.19. The van der Waals surface area contributed by atoms with E-state index in [4.69, 9.17) is 5.73 Å². The molecule has 2 rings (SSSR count). The molecule has 4 nitrogen and oxygen atoms in total. The molecule has 0 bridgehead atoms. The van der Waals surface area contributed by atoms with E-state index in [9.17, 15) is 0 Å². The fourth-order valence-corrected chi connectivity index (χ4v) is 1.43. The van der Waals surface area contributed by atoms with Crippen LogP contribution < -0.4 is 5.73 Å². The van der Waals surface area contributed by atoms with Gasteiger partial charge in [-0.05, 0) is 5.56 Å². The molecule has 17 heavy (non-hydrogen) atoms. The maximum Gasteiger partial charge on any atom is 0.0946 e. The minimum Gasteiger partial charge on any atom is -0.412 e. The summed E-state index contributed by atoms with van der Waals surface area (Å²) in [7, 11) is 0. The molecule has 0 spiro atoms. The molecule has 0 aliphatic rings. The summed E-state index contributed by atoms with van der Waals surface area (Å²) < 4.78 is 1.98. The zero-order valence-electron chi connectivity index (χ0n) is 9.19. The van der Waals surface area contributed by atoms with Gasteiger partial charge in [-0.25, -0.2) is 4.98 Å². The predicted octanol–water partition coefficient (Wildman–Crippen LogP) is 1.60. The van der Waals surface area contributed by atoms with Gasteiger partial charge in [0.1, 0.15) is 0 Å². The summed E-state index contributed by atoms with van der Waals surface area (Å²) in [6, 6.07) is 10.1. The number of benzene rings is 1. The second kappa shape index (κ2) is 9.01. The summed E-state index contributed by atoms with van der Waals surface area (Å²) in [6.45, 7) is 0.768. The molecule has 6 heteroatoms. The van der Waals surface area contributed by atoms with Crippen molar-refractivity contribution in [3.63, 3.8) is 0 Å². The van der Waals surface area contributed by atoms with Crippen LogP contribution in [0.5, 0.6) is 0 Å². The number of nitrogens with two attached hydrogens (primary N) is 1. The number of hydrogen-bond acceptors (Lipinski definition) is 2. The Morgan fingerprint density at radius 1 is 1.18 bits per heavy atom. The van der Waals surface area contributed by atoms with Gasteiger partial charge in [-0.1, -0.05) is 30.3 Å². The monoisotopic (exact) mass is 277 g/mol. The van der Waals surface area contributed by atoms with Gasteiger partial charge in [-0.2, -0.15) is 0 Å². The number of aromatic nitrogens is 2. The average molecular weight is 278 g/mol. The van der Waals surface area contributed by atoms with E-state index in [-0.39, 0.29) is 36.3 Å². The van der Waals surface area contributed by atoms with E-state index in [0.717, 1.165) is 12.1 Å². The molecule has 0 aliphatic carbocycles. The number of halogens is 2. The fourth-order valence-electron chi connectivity index (χ4n) is 1.43. The predicted molar refractivity (Wildman–Crippen MR) is 73.7 cm³/mol. The lowest BCUT2D eigenvalue weighted by molar-refractivity contribution is 0.576. The van der Waals surface area contributed by atoms with Crippen molar-refractivity contribution in [3.8, 4) is 0 Å². The molecule has 1 unspecified atom stereocenters. The van der Waals surface area contributed by atoms with Crippen LogP contribution in [0.4, 0.5) is 0 Å². The highest BCUT2D eigenvalue weighted by atomic mass is 35.5. The Bertz CT molecular complexity index is 381. The van der Waals surface area contributed by atoms with Crippen LogP contribution in [0.3, 0.4) is 0 Å². The highest BCUT2D eigenvalue weighted by molar-refractivity contribution is 5.85. The molecule has 0 saturated heterocycles. The standard InChI is InChI=1S/C11H13N3.2ClH.H2O/c12-11(8-14-7-6-13-9-14)10-4-2-1-3-5-10;;;/h1-7,9,11H,8,12H2;2*1H;1H2. The second-order valence-electron chi connectivity index (χ2n) is 3.28. The first-order chi connectivity index (χ1) is 6.86. The Kier molecular flexibility index (Phi) is 9.70. The number of imidazole rings is 1. The van der Waals surface area contributed by atoms with Crippen LogP contribution in [0.1, 0.15) is 11.6 Å². The molecule has 1 aromatic heterocycles. The molecule has 0 fully saturated rings. The Morgan fingerprint density at radius 2 is 1.82 bits per heavy atom. The van der Waals surface area contributed by atoms with Crippen molar-refractivity contribution in [2.45, 2.75) is 12.6 Å². The van der Waals surface area contributed by atoms with Gasteiger partial charge in [0.2, 0.25) is 0 Å². The van der Waals surface area contributed by atoms with Crippen molar-refractivity contribution in [2.75, 3.05) is 0 Å². The Hall–Kier alpha value is -1.07. The number of rotatable bonds is 3. The lowest BCUT2D eigenvalue weighted by atomic mass is 10.1. The van der Waals surface area contributed by atoms with Crippen molar-refractivity contribution in [2.24, 2.45) is 5.73 Å². The lowest BCUT2D eigenvalue weighted by Crippen LogP contribution is -2.16. The van der Waals surface area contributed by atoms with E-state index in [1.54, 1.807) is 12.5 Å². The van der Waals surface area contributed by atoms with Gasteiger partial charge in [-0.15, -0.1) is 24.8 Å². The van der Waals surface area contributed by atoms with Gasteiger partial charge in [0, 0.05) is 25.0 Å². The molecule has 0 saturated carbocycles. The Labute approximate surface area is 113 Å². The smallest absolute Gasteiger partial charge is 0.0946 e. The molecule has 0 radical (unpaired) electrons. The Morgan fingerprint density at radius 3 is 2.35 bits per heavy atom. The quantitative estimate of drug-likeness (QED) is 0.925. The number of nitrogens with zero attached hydrogens (tertiary/aromatic N) is 2. The minimum absolute atomic E-state index is 0. The normalized spacial score (nSPS) is 10.4. The van der Waals surface area contributed by atoms with Crippen LogP contribution in [0.25, 0.3) is 0 Å². The third-order valence-electron chi connectivity index (χ3n) is 2.19. The largest absolute Gasteiger partial charge is 0.412 e. The van der Waals surface area contributed by atoms with Gasteiger partial charge >= 0.3 is 0 Å². The molecule has 1 atom stereocenters. The topological polar surface area (TPSA) is 75.3 Å². The van der Waals surface area contributed by atoms with Crippen molar-refractivity contribution in [3.05, 3.63) is 54.6 Å². The first kappa shape index (κ1) is 18.3. The van der Waals surface area contributed by atoms with Crippen LogP contribution in [-0.4, -0.2) is 15.0 Å². The first-order valence-corrected chi connectivity index (χ1v) is 4.62. The lowest BCUT2D eigenvalue weighted by Gasteiger charge is -2.12. The number of hydrogen-bond donors (Lipinski definition) is 1. The maximum atomic E-state index is 6.04. The highest BCUT2D eigenvalue weighted by Crippen LogP contribution is 2.11. The molecule has 1 heterocycles. The van der Waals surface area contributed by atoms with Crippen LogP contribution in [0, 0.1) is 0 Å². The summed E-state index contributed by atoms with van der Waals surface area (Å²) in [4.78, 5) is 3.98. The van der Waals surface area contributed by atoms with Crippen molar-refractivity contribution >= 4 is 24.8 Å². The van der Waals surface area contributed by atoms with Gasteiger partial charge in [0.25, 0.3) is 0 Å². The first-order valence-electron chi connectivity index (χ1n) is 4.62. The average Bonchev–Trinajstić information content (AvgIpc) is 2.72. The summed E-state index contributed by atoms with van der Waals surface area (Å²) in [5.41, 5.74) is 7.19. The molecule has 96 valence electrons. The van der Waals surface area contributed by atoms with Crippen molar-refractivity contribution in [1.82, 2.24) is 9.55 Å². The molecule has 1 aromatic carbocycles. The van der Waals surface area contributed by atoms with Crippen LogP contribution >= 0.6 is 24.8 Å². The van der Waals surface area contributed by atoms with E-state index < -0.39 is 0 Å². The molecule has 2 aromatic rings. The van der Waals surface area contributed by atoms with Crippen molar-refractivity contribution in [1.29, 1.82) is 0 Å². The van der Waals surface area contributed by atoms with Gasteiger partial charge in [-0.3, -0.25) is 0 Å². The van der Waals surface area contributed by atoms with Gasteiger partial charge in [0.05, 0.1) is 6.33 Å². The Balaban J connectivity index is 0. The van der Waals surface area contributed by atoms with Crippen LogP contribution in [0.2, 0.25) is 0 Å². The van der Waals surface area contributed by atoms with Crippen LogP contribution in [0.15, 0.2) is 49.1 Å². The van der Waals surface area contributed by atoms with Crippen LogP contribution in [-0.2, 0) is 6.54 Å². The SMILES string of the molecule is Cl.Cl.NC(Cn1ccnc1)c1ccccc1.O. The van der Waals surface area contributed by atoms with E-state index in [1.165, 1.54) is 0 Å². The van der Waals surface area contributed by atoms with E-state index >= 15 is 0 Å². The molecular formula is C11H17Cl2N3O. The van der Waals surface area contributed by atoms with E-state index in [1.807, 2.05) is 41.1 Å². The summed E-state index contributed by atoms with van der Waals surface area (Å²) in [5, 5.41) is 0. The summed E-state index contributed by atoms with van der Waals surface area (Å²) in [6.07, 6.45) is 5.46. The fraction of sp³-hybridized carbons (Fsp3) is 0.182. The van der Waals surface area contributed by atoms with E-state index in [2.05, 4.69) is 4.98 Å².